The van der Waals surface area contributed by atoms with Gasteiger partial charge in [-0.25, -0.2) is 9.99 Å². The van der Waals surface area contributed by atoms with E-state index in [9.17, 15) is 9.59 Å². The molecule has 0 saturated heterocycles. The number of carbonyl (C=O) groups is 2. The van der Waals surface area contributed by atoms with Gasteiger partial charge in [-0.05, 0) is 36.8 Å². The second-order valence-corrected chi connectivity index (χ2v) is 8.71. The lowest BCUT2D eigenvalue weighted by Crippen LogP contribution is -2.31. The smallest absolute Gasteiger partial charge is 0.316 e. The molecule has 2 aromatic heterocycles. The highest BCUT2D eigenvalue weighted by molar-refractivity contribution is 7.99. The lowest BCUT2D eigenvalue weighted by atomic mass is 10.0. The fraction of sp³-hybridized carbons (Fsp3) is 0.200. The molecule has 34 heavy (non-hydrogen) atoms. The Morgan fingerprint density at radius 1 is 1.12 bits per heavy atom. The maximum Gasteiger partial charge on any atom is 0.316 e. The van der Waals surface area contributed by atoms with Crippen LogP contribution in [0.4, 0.5) is 0 Å². The molecule has 3 heterocycles. The molecular weight excluding hydrogens is 454 g/mol. The molecule has 172 valence electrons. The van der Waals surface area contributed by atoms with Gasteiger partial charge in [0, 0.05) is 6.42 Å². The van der Waals surface area contributed by atoms with E-state index in [0.717, 1.165) is 28.6 Å². The van der Waals surface area contributed by atoms with Gasteiger partial charge in [0.25, 0.3) is 11.1 Å². The number of thioether (sulfide) groups is 1. The van der Waals surface area contributed by atoms with E-state index in [4.69, 9.17) is 13.6 Å². The minimum absolute atomic E-state index is 0.0282. The predicted molar refractivity (Wildman–Crippen MR) is 126 cm³/mol. The summed E-state index contributed by atoms with van der Waals surface area (Å²) < 4.78 is 16.3. The molecule has 0 radical (unpaired) electrons. The van der Waals surface area contributed by atoms with E-state index in [1.165, 1.54) is 5.01 Å². The van der Waals surface area contributed by atoms with E-state index >= 15 is 0 Å². The Hall–Kier alpha value is -3.85. The van der Waals surface area contributed by atoms with E-state index in [0.29, 0.717) is 28.5 Å². The zero-order valence-electron chi connectivity index (χ0n) is 18.3. The van der Waals surface area contributed by atoms with Crippen molar-refractivity contribution in [1.82, 2.24) is 9.99 Å². The Balaban J connectivity index is 1.22. The Morgan fingerprint density at radius 2 is 1.94 bits per heavy atom. The maximum atomic E-state index is 12.9. The third kappa shape index (κ3) is 4.74. The number of aromatic nitrogens is 1. The molecule has 0 spiro atoms. The molecule has 0 fully saturated rings. The topological polar surface area (TPSA) is 98.1 Å². The molecule has 1 unspecified atom stereocenters. The van der Waals surface area contributed by atoms with Crippen LogP contribution in [0, 0.1) is 6.92 Å². The Labute approximate surface area is 199 Å². The van der Waals surface area contributed by atoms with Gasteiger partial charge < -0.3 is 13.6 Å². The first kappa shape index (κ1) is 22.0. The summed E-state index contributed by atoms with van der Waals surface area (Å²) in [7, 11) is 0. The van der Waals surface area contributed by atoms with Crippen LogP contribution in [0.1, 0.15) is 29.3 Å². The number of benzene rings is 2. The third-order valence-corrected chi connectivity index (χ3v) is 6.17. The van der Waals surface area contributed by atoms with Crippen molar-refractivity contribution in [2.45, 2.75) is 24.6 Å². The lowest BCUT2D eigenvalue weighted by molar-refractivity contribution is -0.150. The van der Waals surface area contributed by atoms with Gasteiger partial charge in [-0.15, -0.1) is 0 Å². The van der Waals surface area contributed by atoms with E-state index in [-0.39, 0.29) is 5.75 Å². The maximum absolute atomic E-state index is 12.9. The van der Waals surface area contributed by atoms with Crippen molar-refractivity contribution < 1.29 is 23.2 Å². The number of oxazole rings is 1. The number of fused-ring (bicyclic) bond motifs is 1. The highest BCUT2D eigenvalue weighted by Gasteiger charge is 2.35. The Morgan fingerprint density at radius 3 is 2.71 bits per heavy atom. The van der Waals surface area contributed by atoms with Gasteiger partial charge in [-0.3, -0.25) is 9.59 Å². The molecule has 9 heteroatoms. The lowest BCUT2D eigenvalue weighted by Gasteiger charge is -2.19. The summed E-state index contributed by atoms with van der Waals surface area (Å²) in [6.07, 6.45) is 2.06. The number of nitrogens with zero attached hydrogens (tertiary/aromatic N) is 3. The molecule has 5 rings (SSSR count). The van der Waals surface area contributed by atoms with Crippen molar-refractivity contribution in [3.63, 3.8) is 0 Å². The third-order valence-electron chi connectivity index (χ3n) is 5.37. The minimum atomic E-state index is -0.544. The fourth-order valence-electron chi connectivity index (χ4n) is 3.65. The number of esters is 1. The van der Waals surface area contributed by atoms with E-state index < -0.39 is 24.5 Å². The van der Waals surface area contributed by atoms with Crippen LogP contribution in [0.5, 0.6) is 0 Å². The highest BCUT2D eigenvalue weighted by atomic mass is 32.2. The van der Waals surface area contributed by atoms with Crippen molar-refractivity contribution in [1.29, 1.82) is 0 Å². The van der Waals surface area contributed by atoms with Crippen LogP contribution in [-0.2, 0) is 14.3 Å². The molecule has 0 aliphatic carbocycles. The standard InChI is InChI=1S/C25H21N3O5S/c1-16-8-10-17(11-9-16)19-13-20(22-7-4-12-31-22)28(27-19)23(29)14-32-24(30)15-34-25-26-18-5-2-3-6-21(18)33-25/h2-12,20H,13-15H2,1H3. The first-order chi connectivity index (χ1) is 16.6. The van der Waals surface area contributed by atoms with E-state index in [1.807, 2.05) is 55.5 Å². The van der Waals surface area contributed by atoms with Crippen LogP contribution in [-0.4, -0.2) is 39.9 Å². The van der Waals surface area contributed by atoms with Gasteiger partial charge >= 0.3 is 5.97 Å². The highest BCUT2D eigenvalue weighted by Crippen LogP contribution is 2.33. The van der Waals surface area contributed by atoms with Gasteiger partial charge in [0.05, 0.1) is 12.0 Å². The van der Waals surface area contributed by atoms with E-state index in [1.54, 1.807) is 18.4 Å². The number of aryl methyl sites for hydroxylation is 1. The first-order valence-electron chi connectivity index (χ1n) is 10.7. The van der Waals surface area contributed by atoms with Gasteiger partial charge in [0.15, 0.2) is 12.2 Å². The van der Waals surface area contributed by atoms with Gasteiger partial charge in [0.1, 0.15) is 23.1 Å². The number of furan rings is 1. The number of hydrogen-bond acceptors (Lipinski definition) is 8. The Bertz CT molecular complexity index is 1310. The number of carbonyl (C=O) groups excluding carboxylic acids is 2. The average Bonchev–Trinajstić information content (AvgIpc) is 3.60. The van der Waals surface area contributed by atoms with Crippen molar-refractivity contribution in [2.24, 2.45) is 5.10 Å². The molecule has 4 aromatic rings. The number of ether oxygens (including phenoxy) is 1. The Kier molecular flexibility index (Phi) is 6.18. The summed E-state index contributed by atoms with van der Waals surface area (Å²) in [5.41, 5.74) is 4.21. The predicted octanol–water partition coefficient (Wildman–Crippen LogP) is 4.74. The molecular formula is C25H21N3O5S. The van der Waals surface area contributed by atoms with Gasteiger partial charge in [0.2, 0.25) is 0 Å². The summed E-state index contributed by atoms with van der Waals surface area (Å²) in [4.78, 5) is 29.5. The molecule has 1 aliphatic heterocycles. The van der Waals surface area contributed by atoms with E-state index in [2.05, 4.69) is 10.1 Å². The second kappa shape index (κ2) is 9.56. The van der Waals surface area contributed by atoms with Crippen molar-refractivity contribution >= 4 is 40.4 Å². The number of hydrazone groups is 1. The molecule has 0 saturated carbocycles. The number of hydrogen-bond donors (Lipinski definition) is 0. The molecule has 1 aliphatic rings. The summed E-state index contributed by atoms with van der Waals surface area (Å²) in [6.45, 7) is 1.59. The molecule has 8 nitrogen and oxygen atoms in total. The number of para-hydroxylation sites is 2. The van der Waals surface area contributed by atoms with Crippen LogP contribution in [0.2, 0.25) is 0 Å². The normalized spacial score (nSPS) is 15.5. The van der Waals surface area contributed by atoms with Crippen molar-refractivity contribution in [3.8, 4) is 0 Å². The van der Waals surface area contributed by atoms with Gasteiger partial charge in [-0.1, -0.05) is 53.7 Å². The number of rotatable bonds is 7. The van der Waals surface area contributed by atoms with Crippen LogP contribution in [0.25, 0.3) is 11.1 Å². The summed E-state index contributed by atoms with van der Waals surface area (Å²) in [5, 5.41) is 6.25. The van der Waals surface area contributed by atoms with Gasteiger partial charge in [-0.2, -0.15) is 5.10 Å². The molecule has 2 aromatic carbocycles. The first-order valence-corrected chi connectivity index (χ1v) is 11.7. The largest absolute Gasteiger partial charge is 0.467 e. The minimum Gasteiger partial charge on any atom is -0.467 e. The summed E-state index contributed by atoms with van der Waals surface area (Å²) in [5.74, 6) is -0.377. The molecule has 0 bridgehead atoms. The van der Waals surface area contributed by atoms with Crippen LogP contribution in [0.15, 0.2) is 86.1 Å². The van der Waals surface area contributed by atoms with Crippen molar-refractivity contribution in [2.75, 3.05) is 12.4 Å². The fourth-order valence-corrected chi connectivity index (χ4v) is 4.28. The summed E-state index contributed by atoms with van der Waals surface area (Å²) >= 11 is 1.12. The van der Waals surface area contributed by atoms with Crippen LogP contribution in [0.3, 0.4) is 0 Å². The summed E-state index contributed by atoms with van der Waals surface area (Å²) in [6, 6.07) is 18.5. The monoisotopic (exact) mass is 475 g/mol. The molecule has 1 amide bonds. The second-order valence-electron chi connectivity index (χ2n) is 7.78. The SMILES string of the molecule is Cc1ccc(C2=NN(C(=O)COC(=O)CSc3nc4ccccc4o3)C(c3ccco3)C2)cc1. The number of amides is 1. The molecule has 1 atom stereocenters. The zero-order chi connectivity index (χ0) is 23.5. The van der Waals surface area contributed by atoms with Crippen LogP contribution >= 0.6 is 11.8 Å². The quantitative estimate of drug-likeness (QED) is 0.281. The molecule has 0 N–H and O–H groups in total. The van der Waals surface area contributed by atoms with Crippen LogP contribution < -0.4 is 0 Å². The van der Waals surface area contributed by atoms with Crippen molar-refractivity contribution in [3.05, 3.63) is 83.8 Å². The average molecular weight is 476 g/mol. The zero-order valence-corrected chi connectivity index (χ0v) is 19.2.